The molecule has 128 valence electrons. The molecule has 1 N–H and O–H groups in total. The molecular formula is C18H16N2O5. The van der Waals surface area contributed by atoms with Gasteiger partial charge in [-0.05, 0) is 23.3 Å². The number of rotatable bonds is 5. The Kier molecular flexibility index (Phi) is 5.62. The van der Waals surface area contributed by atoms with Crippen molar-refractivity contribution in [2.45, 2.75) is 6.92 Å². The molecule has 2 rings (SSSR count). The number of non-ortho nitro benzene ring substituents is 1. The molecule has 0 saturated carbocycles. The second kappa shape index (κ2) is 7.87. The summed E-state index contributed by atoms with van der Waals surface area (Å²) in [5.41, 5.74) is 2.20. The maximum absolute atomic E-state index is 11.5. The van der Waals surface area contributed by atoms with Gasteiger partial charge < -0.3 is 10.1 Å². The fourth-order valence-electron chi connectivity index (χ4n) is 2.29. The van der Waals surface area contributed by atoms with E-state index >= 15 is 0 Å². The van der Waals surface area contributed by atoms with Crippen molar-refractivity contribution in [3.63, 3.8) is 0 Å². The summed E-state index contributed by atoms with van der Waals surface area (Å²) in [7, 11) is 1.28. The third-order valence-corrected chi connectivity index (χ3v) is 3.38. The van der Waals surface area contributed by atoms with Crippen molar-refractivity contribution in [3.05, 3.63) is 64.2 Å². The third-order valence-electron chi connectivity index (χ3n) is 3.38. The van der Waals surface area contributed by atoms with E-state index in [1.54, 1.807) is 36.4 Å². The first kappa shape index (κ1) is 17.9. The summed E-state index contributed by atoms with van der Waals surface area (Å²) in [4.78, 5) is 33.2. The zero-order valence-corrected chi connectivity index (χ0v) is 13.7. The maximum atomic E-state index is 11.5. The van der Waals surface area contributed by atoms with Crippen LogP contribution in [0.25, 0.3) is 17.2 Å². The summed E-state index contributed by atoms with van der Waals surface area (Å²) < 4.78 is 4.58. The number of hydrogen-bond donors (Lipinski definition) is 1. The highest BCUT2D eigenvalue weighted by Gasteiger charge is 2.14. The Bertz CT molecular complexity index is 858. The van der Waals surface area contributed by atoms with Crippen LogP contribution in [0.2, 0.25) is 0 Å². The summed E-state index contributed by atoms with van der Waals surface area (Å²) in [6.45, 7) is 1.33. The molecule has 0 heterocycles. The highest BCUT2D eigenvalue weighted by molar-refractivity contribution is 5.97. The third kappa shape index (κ3) is 4.51. The molecule has 0 saturated heterocycles. The molecule has 0 bridgehead atoms. The van der Waals surface area contributed by atoms with E-state index in [0.717, 1.165) is 0 Å². The van der Waals surface area contributed by atoms with Crippen molar-refractivity contribution in [2.24, 2.45) is 0 Å². The molecule has 0 aliphatic heterocycles. The molecular weight excluding hydrogens is 324 g/mol. The number of nitrogens with zero attached hydrogens (tertiary/aromatic N) is 1. The number of nitro benzene ring substituents is 1. The molecule has 0 unspecified atom stereocenters. The first-order valence-electron chi connectivity index (χ1n) is 7.34. The Morgan fingerprint density at radius 2 is 1.88 bits per heavy atom. The number of carbonyl (C=O) groups is 2. The van der Waals surface area contributed by atoms with Crippen molar-refractivity contribution in [1.82, 2.24) is 0 Å². The smallest absolute Gasteiger partial charge is 0.330 e. The van der Waals surface area contributed by atoms with Crippen LogP contribution in [0.15, 0.2) is 48.5 Å². The fraction of sp³-hybridized carbons (Fsp3) is 0.111. The minimum Gasteiger partial charge on any atom is -0.466 e. The van der Waals surface area contributed by atoms with Gasteiger partial charge in [0, 0.05) is 30.7 Å². The van der Waals surface area contributed by atoms with Crippen molar-refractivity contribution in [1.29, 1.82) is 0 Å². The molecule has 0 atom stereocenters. The Balaban J connectivity index is 2.57. The quantitative estimate of drug-likeness (QED) is 0.389. The number of nitro groups is 1. The van der Waals surface area contributed by atoms with Crippen molar-refractivity contribution >= 4 is 29.3 Å². The van der Waals surface area contributed by atoms with Gasteiger partial charge in [0.25, 0.3) is 5.69 Å². The maximum Gasteiger partial charge on any atom is 0.330 e. The molecule has 0 aliphatic carbocycles. The van der Waals surface area contributed by atoms with Crippen LogP contribution in [-0.2, 0) is 14.3 Å². The number of methoxy groups -OCH3 is 1. The number of ether oxygens (including phenoxy) is 1. The van der Waals surface area contributed by atoms with E-state index in [1.165, 1.54) is 32.2 Å². The molecule has 2 aromatic rings. The van der Waals surface area contributed by atoms with Crippen LogP contribution < -0.4 is 5.32 Å². The predicted octanol–water partition coefficient (Wildman–Crippen LogP) is 3.41. The number of benzene rings is 2. The standard InChI is InChI=1S/C18H16N2O5/c1-12(21)19-17-11-14(20(23)24)8-9-16(17)15-6-4-3-5-13(15)7-10-18(22)25-2/h3-11H,1-2H3,(H,19,21)/b10-7+. The van der Waals surface area contributed by atoms with Gasteiger partial charge in [0.15, 0.2) is 0 Å². The lowest BCUT2D eigenvalue weighted by Gasteiger charge is -2.12. The van der Waals surface area contributed by atoms with E-state index in [2.05, 4.69) is 10.1 Å². The molecule has 0 spiro atoms. The molecule has 1 amide bonds. The Hall–Kier alpha value is -3.48. The van der Waals surface area contributed by atoms with Crippen molar-refractivity contribution < 1.29 is 19.2 Å². The van der Waals surface area contributed by atoms with Crippen LogP contribution in [0.3, 0.4) is 0 Å². The van der Waals surface area contributed by atoms with Gasteiger partial charge in [-0.15, -0.1) is 0 Å². The summed E-state index contributed by atoms with van der Waals surface area (Å²) in [5, 5.41) is 13.6. The zero-order valence-electron chi connectivity index (χ0n) is 13.7. The average molecular weight is 340 g/mol. The van der Waals surface area contributed by atoms with E-state index < -0.39 is 10.9 Å². The van der Waals surface area contributed by atoms with Crippen LogP contribution >= 0.6 is 0 Å². The highest BCUT2D eigenvalue weighted by Crippen LogP contribution is 2.34. The molecule has 7 heteroatoms. The topological polar surface area (TPSA) is 98.5 Å². The van der Waals surface area contributed by atoms with Gasteiger partial charge in [0.05, 0.1) is 17.7 Å². The second-order valence-electron chi connectivity index (χ2n) is 5.11. The Morgan fingerprint density at radius 1 is 1.16 bits per heavy atom. The van der Waals surface area contributed by atoms with Crippen molar-refractivity contribution in [3.8, 4) is 11.1 Å². The normalized spacial score (nSPS) is 10.5. The highest BCUT2D eigenvalue weighted by atomic mass is 16.6. The van der Waals surface area contributed by atoms with E-state index in [0.29, 0.717) is 22.4 Å². The summed E-state index contributed by atoms with van der Waals surface area (Å²) in [6.07, 6.45) is 2.86. The number of nitrogens with one attached hydrogen (secondary N) is 1. The molecule has 25 heavy (non-hydrogen) atoms. The number of anilines is 1. The first-order chi connectivity index (χ1) is 11.9. The van der Waals surface area contributed by atoms with Crippen LogP contribution in [0.5, 0.6) is 0 Å². The molecule has 0 fully saturated rings. The minimum atomic E-state index is -0.530. The van der Waals surface area contributed by atoms with Crippen LogP contribution in [0, 0.1) is 10.1 Å². The van der Waals surface area contributed by atoms with Gasteiger partial charge >= 0.3 is 5.97 Å². The molecule has 2 aromatic carbocycles. The summed E-state index contributed by atoms with van der Waals surface area (Å²) in [5.74, 6) is -0.843. The van der Waals surface area contributed by atoms with Gasteiger partial charge in [0.1, 0.15) is 0 Å². The van der Waals surface area contributed by atoms with Crippen LogP contribution in [-0.4, -0.2) is 23.9 Å². The number of hydrogen-bond acceptors (Lipinski definition) is 5. The summed E-state index contributed by atoms with van der Waals surface area (Å²) >= 11 is 0. The van der Waals surface area contributed by atoms with Crippen LogP contribution in [0.1, 0.15) is 12.5 Å². The lowest BCUT2D eigenvalue weighted by Crippen LogP contribution is -2.07. The minimum absolute atomic E-state index is 0.130. The average Bonchev–Trinajstić information content (AvgIpc) is 2.59. The van der Waals surface area contributed by atoms with Crippen LogP contribution in [0.4, 0.5) is 11.4 Å². The molecule has 0 radical (unpaired) electrons. The zero-order chi connectivity index (χ0) is 18.4. The monoisotopic (exact) mass is 340 g/mol. The SMILES string of the molecule is COC(=O)/C=C/c1ccccc1-c1ccc([N+](=O)[O-])cc1NC(C)=O. The van der Waals surface area contributed by atoms with E-state index in [1.807, 2.05) is 0 Å². The first-order valence-corrected chi connectivity index (χ1v) is 7.34. The largest absolute Gasteiger partial charge is 0.466 e. The number of amides is 1. The Morgan fingerprint density at radius 3 is 2.52 bits per heavy atom. The van der Waals surface area contributed by atoms with E-state index in [9.17, 15) is 19.7 Å². The second-order valence-corrected chi connectivity index (χ2v) is 5.11. The van der Waals surface area contributed by atoms with Gasteiger partial charge in [-0.1, -0.05) is 24.3 Å². The Labute approximate surface area is 144 Å². The molecule has 7 nitrogen and oxygen atoms in total. The molecule has 0 aliphatic rings. The van der Waals surface area contributed by atoms with E-state index in [-0.39, 0.29) is 11.6 Å². The number of carbonyl (C=O) groups excluding carboxylic acids is 2. The van der Waals surface area contributed by atoms with E-state index in [4.69, 9.17) is 0 Å². The van der Waals surface area contributed by atoms with Gasteiger partial charge in [-0.2, -0.15) is 0 Å². The molecule has 0 aromatic heterocycles. The number of esters is 1. The lowest BCUT2D eigenvalue weighted by atomic mass is 9.97. The van der Waals surface area contributed by atoms with Gasteiger partial charge in [-0.3, -0.25) is 14.9 Å². The summed E-state index contributed by atoms with van der Waals surface area (Å²) in [6, 6.07) is 11.4. The van der Waals surface area contributed by atoms with Gasteiger partial charge in [-0.25, -0.2) is 4.79 Å². The predicted molar refractivity (Wildman–Crippen MR) is 93.9 cm³/mol. The lowest BCUT2D eigenvalue weighted by molar-refractivity contribution is -0.384. The fourth-order valence-corrected chi connectivity index (χ4v) is 2.29. The van der Waals surface area contributed by atoms with Gasteiger partial charge in [0.2, 0.25) is 5.91 Å². The van der Waals surface area contributed by atoms with Crippen molar-refractivity contribution in [2.75, 3.05) is 12.4 Å².